The summed E-state index contributed by atoms with van der Waals surface area (Å²) in [7, 11) is 1.25. The molecule has 0 aromatic heterocycles. The van der Waals surface area contributed by atoms with Crippen LogP contribution in [0.1, 0.15) is 52.5 Å². The fourth-order valence-corrected chi connectivity index (χ4v) is 4.70. The van der Waals surface area contributed by atoms with E-state index in [-0.39, 0.29) is 23.8 Å². The predicted molar refractivity (Wildman–Crippen MR) is 125 cm³/mol. The molecule has 1 aromatic rings. The molecule has 0 unspecified atom stereocenters. The zero-order valence-corrected chi connectivity index (χ0v) is 20.9. The van der Waals surface area contributed by atoms with Crippen LogP contribution in [0.2, 0.25) is 0 Å². The Morgan fingerprint density at radius 2 is 1.83 bits per heavy atom. The maximum Gasteiger partial charge on any atom is 0.336 e. The Labute approximate surface area is 204 Å². The molecule has 1 N–H and O–H groups in total. The molecule has 188 valence electrons. The largest absolute Gasteiger partial charge is 0.490 e. The molecule has 9 nitrogen and oxygen atoms in total. The number of ketones is 1. The SMILES string of the molecule is CCOC(=O)C1=C(C)NC2=C(C(=O)[C@@H](C(=O)OC)[C@H](C)C2)[C@@H]1c1ccc(OC(C)=O)c(OCC)c1. The number of benzene rings is 1. The molecule has 1 aliphatic carbocycles. The van der Waals surface area contributed by atoms with Crippen LogP contribution in [0.4, 0.5) is 0 Å². The Kier molecular flexibility index (Phi) is 7.99. The molecule has 2 aliphatic rings. The molecule has 0 saturated heterocycles. The molecule has 3 rings (SSSR count). The molecular formula is C26H31NO8. The molecular weight excluding hydrogens is 454 g/mol. The Morgan fingerprint density at radius 1 is 1.11 bits per heavy atom. The first kappa shape index (κ1) is 26.0. The third-order valence-corrected chi connectivity index (χ3v) is 6.09. The van der Waals surface area contributed by atoms with E-state index in [1.807, 2.05) is 6.92 Å². The Bertz CT molecular complexity index is 1120. The van der Waals surface area contributed by atoms with Crippen LogP contribution in [0, 0.1) is 11.8 Å². The normalized spacial score (nSPS) is 21.7. The van der Waals surface area contributed by atoms with Gasteiger partial charge in [-0.05, 0) is 50.8 Å². The number of carbonyl (C=O) groups is 4. The molecule has 0 radical (unpaired) electrons. The second-order valence-electron chi connectivity index (χ2n) is 8.49. The molecule has 1 aliphatic heterocycles. The molecule has 0 spiro atoms. The Hall–Kier alpha value is -3.62. The molecule has 1 heterocycles. The summed E-state index contributed by atoms with van der Waals surface area (Å²) in [6.07, 6.45) is 0.425. The van der Waals surface area contributed by atoms with Crippen molar-refractivity contribution >= 4 is 23.7 Å². The van der Waals surface area contributed by atoms with Crippen molar-refractivity contribution in [3.8, 4) is 11.5 Å². The Morgan fingerprint density at radius 3 is 2.43 bits per heavy atom. The van der Waals surface area contributed by atoms with Crippen molar-refractivity contribution in [3.63, 3.8) is 0 Å². The number of hydrogen-bond acceptors (Lipinski definition) is 9. The van der Waals surface area contributed by atoms with Crippen molar-refractivity contribution in [2.24, 2.45) is 11.8 Å². The maximum absolute atomic E-state index is 13.7. The van der Waals surface area contributed by atoms with Gasteiger partial charge in [0, 0.05) is 29.8 Å². The minimum Gasteiger partial charge on any atom is -0.490 e. The van der Waals surface area contributed by atoms with Gasteiger partial charge in [0.25, 0.3) is 0 Å². The summed E-state index contributed by atoms with van der Waals surface area (Å²) in [6.45, 7) is 8.80. The van der Waals surface area contributed by atoms with Crippen molar-refractivity contribution in [3.05, 3.63) is 46.3 Å². The zero-order valence-electron chi connectivity index (χ0n) is 20.9. The van der Waals surface area contributed by atoms with Gasteiger partial charge < -0.3 is 24.3 Å². The lowest BCUT2D eigenvalue weighted by Crippen LogP contribution is -2.43. The van der Waals surface area contributed by atoms with E-state index in [9.17, 15) is 19.2 Å². The van der Waals surface area contributed by atoms with Crippen LogP contribution in [0.3, 0.4) is 0 Å². The number of ether oxygens (including phenoxy) is 4. The van der Waals surface area contributed by atoms with E-state index in [0.29, 0.717) is 41.3 Å². The van der Waals surface area contributed by atoms with Crippen molar-refractivity contribution in [2.45, 2.75) is 47.0 Å². The van der Waals surface area contributed by atoms with Gasteiger partial charge in [0.2, 0.25) is 0 Å². The lowest BCUT2D eigenvalue weighted by molar-refractivity contribution is -0.151. The van der Waals surface area contributed by atoms with Gasteiger partial charge in [-0.3, -0.25) is 14.4 Å². The van der Waals surface area contributed by atoms with Crippen LogP contribution in [0.25, 0.3) is 0 Å². The summed E-state index contributed by atoms with van der Waals surface area (Å²) in [4.78, 5) is 50.9. The van der Waals surface area contributed by atoms with Crippen LogP contribution in [0.5, 0.6) is 11.5 Å². The van der Waals surface area contributed by atoms with E-state index in [4.69, 9.17) is 18.9 Å². The van der Waals surface area contributed by atoms with E-state index in [2.05, 4.69) is 5.32 Å². The summed E-state index contributed by atoms with van der Waals surface area (Å²) in [5.74, 6) is -3.67. The van der Waals surface area contributed by atoms with Crippen LogP contribution in [-0.4, -0.2) is 44.0 Å². The van der Waals surface area contributed by atoms with E-state index in [0.717, 1.165) is 0 Å². The van der Waals surface area contributed by atoms with Crippen molar-refractivity contribution in [2.75, 3.05) is 20.3 Å². The first-order valence-electron chi connectivity index (χ1n) is 11.6. The zero-order chi connectivity index (χ0) is 25.9. The molecule has 0 bridgehead atoms. The van der Waals surface area contributed by atoms with Crippen LogP contribution in [0.15, 0.2) is 40.7 Å². The van der Waals surface area contributed by atoms with Gasteiger partial charge in [-0.2, -0.15) is 0 Å². The molecule has 9 heteroatoms. The number of allylic oxidation sites excluding steroid dienone is 3. The van der Waals surface area contributed by atoms with E-state index in [1.54, 1.807) is 39.0 Å². The molecule has 0 amide bonds. The van der Waals surface area contributed by atoms with Gasteiger partial charge in [-0.1, -0.05) is 13.0 Å². The average molecular weight is 486 g/mol. The van der Waals surface area contributed by atoms with Crippen molar-refractivity contribution in [1.29, 1.82) is 0 Å². The number of Topliss-reactive ketones (excluding diaryl/α,β-unsaturated/α-hetero) is 1. The fourth-order valence-electron chi connectivity index (χ4n) is 4.70. The van der Waals surface area contributed by atoms with Gasteiger partial charge in [0.05, 0.1) is 25.9 Å². The minimum absolute atomic E-state index is 0.152. The highest BCUT2D eigenvalue weighted by Crippen LogP contribution is 2.46. The van der Waals surface area contributed by atoms with E-state index in [1.165, 1.54) is 14.0 Å². The van der Waals surface area contributed by atoms with Gasteiger partial charge in [0.15, 0.2) is 17.3 Å². The maximum atomic E-state index is 13.7. The predicted octanol–water partition coefficient (Wildman–Crippen LogP) is 3.19. The number of hydrogen-bond donors (Lipinski definition) is 1. The average Bonchev–Trinajstić information content (AvgIpc) is 2.79. The fraction of sp³-hybridized carbons (Fsp3) is 0.462. The second kappa shape index (κ2) is 10.8. The summed E-state index contributed by atoms with van der Waals surface area (Å²) in [5.41, 5.74) is 2.35. The second-order valence-corrected chi connectivity index (χ2v) is 8.49. The van der Waals surface area contributed by atoms with E-state index >= 15 is 0 Å². The Balaban J connectivity index is 2.22. The number of nitrogens with one attached hydrogen (secondary N) is 1. The first-order valence-corrected chi connectivity index (χ1v) is 11.6. The van der Waals surface area contributed by atoms with E-state index < -0.39 is 35.5 Å². The van der Waals surface area contributed by atoms with Crippen molar-refractivity contribution in [1.82, 2.24) is 5.32 Å². The lowest BCUT2D eigenvalue weighted by Gasteiger charge is -2.38. The molecule has 1 aromatic carbocycles. The first-order chi connectivity index (χ1) is 16.6. The monoisotopic (exact) mass is 485 g/mol. The van der Waals surface area contributed by atoms with Crippen molar-refractivity contribution < 1.29 is 38.1 Å². The number of esters is 3. The van der Waals surface area contributed by atoms with Crippen LogP contribution >= 0.6 is 0 Å². The molecule has 3 atom stereocenters. The minimum atomic E-state index is -0.989. The van der Waals surface area contributed by atoms with Crippen LogP contribution < -0.4 is 14.8 Å². The molecule has 0 fully saturated rings. The quantitative estimate of drug-likeness (QED) is 0.353. The molecule has 35 heavy (non-hydrogen) atoms. The summed E-state index contributed by atoms with van der Waals surface area (Å²) in [5, 5.41) is 3.21. The van der Waals surface area contributed by atoms with Gasteiger partial charge in [-0.15, -0.1) is 0 Å². The van der Waals surface area contributed by atoms with Gasteiger partial charge in [-0.25, -0.2) is 4.79 Å². The number of methoxy groups -OCH3 is 1. The van der Waals surface area contributed by atoms with Gasteiger partial charge >= 0.3 is 17.9 Å². The topological polar surface area (TPSA) is 117 Å². The van der Waals surface area contributed by atoms with Crippen LogP contribution in [-0.2, 0) is 28.7 Å². The third kappa shape index (κ3) is 5.08. The van der Waals surface area contributed by atoms with Gasteiger partial charge in [0.1, 0.15) is 5.92 Å². The summed E-state index contributed by atoms with van der Waals surface area (Å²) < 4.78 is 21.2. The molecule has 0 saturated carbocycles. The number of dihydropyridines is 1. The highest BCUT2D eigenvalue weighted by atomic mass is 16.6. The lowest BCUT2D eigenvalue weighted by atomic mass is 9.69. The smallest absolute Gasteiger partial charge is 0.336 e. The third-order valence-electron chi connectivity index (χ3n) is 6.09. The highest BCUT2D eigenvalue weighted by Gasteiger charge is 2.47. The summed E-state index contributed by atoms with van der Waals surface area (Å²) >= 11 is 0. The standard InChI is InChI=1S/C26H31NO8/c1-7-33-19-12-16(9-10-18(19)35-15(5)28)22-21(26(31)34-8-2)14(4)27-17-11-13(3)20(25(30)32-6)24(29)23(17)22/h9-10,12-13,20,22,27H,7-8,11H2,1-6H3/t13-,20+,22-/m1/s1. The number of carbonyl (C=O) groups excluding carboxylic acids is 4. The number of rotatable bonds is 7. The summed E-state index contributed by atoms with van der Waals surface area (Å²) in [6, 6.07) is 4.88. The highest BCUT2D eigenvalue weighted by molar-refractivity contribution is 6.12.